The maximum Gasteiger partial charge on any atom is 0.287 e. The highest BCUT2D eigenvalue weighted by molar-refractivity contribution is 6.36. The van der Waals surface area contributed by atoms with Gasteiger partial charge in [0, 0.05) is 24.7 Å². The number of rotatable bonds is 13. The molecule has 2 aromatic rings. The van der Waals surface area contributed by atoms with E-state index in [-0.39, 0.29) is 48.8 Å². The number of furan rings is 1. The molecule has 256 valence electrons. The monoisotopic (exact) mass is 659 g/mol. The number of nitrogens with one attached hydrogen (secondary N) is 4. The van der Waals surface area contributed by atoms with Gasteiger partial charge in [0.05, 0.1) is 0 Å². The van der Waals surface area contributed by atoms with E-state index in [0.717, 1.165) is 62.8 Å². The second-order valence-electron chi connectivity index (χ2n) is 13.8. The van der Waals surface area contributed by atoms with Gasteiger partial charge in [0.2, 0.25) is 17.6 Å². The molecule has 3 fully saturated rings. The van der Waals surface area contributed by atoms with Crippen molar-refractivity contribution in [2.45, 2.75) is 109 Å². The van der Waals surface area contributed by atoms with Crippen molar-refractivity contribution in [3.05, 3.63) is 57.9 Å². The van der Waals surface area contributed by atoms with Gasteiger partial charge in [-0.3, -0.25) is 28.8 Å². The fourth-order valence-corrected chi connectivity index (χ4v) is 7.55. The molecular weight excluding hydrogens is 614 g/mol. The van der Waals surface area contributed by atoms with Crippen LogP contribution >= 0.6 is 0 Å². The molecule has 6 rings (SSSR count). The van der Waals surface area contributed by atoms with Crippen molar-refractivity contribution in [1.29, 1.82) is 0 Å². The molecule has 12 heteroatoms. The smallest absolute Gasteiger partial charge is 0.287 e. The first-order valence-corrected chi connectivity index (χ1v) is 17.4. The van der Waals surface area contributed by atoms with Crippen LogP contribution in [0.2, 0.25) is 0 Å². The molecule has 2 bridgehead atoms. The first kappa shape index (κ1) is 33.4. The van der Waals surface area contributed by atoms with E-state index in [4.69, 9.17) is 4.42 Å². The van der Waals surface area contributed by atoms with Crippen molar-refractivity contribution >= 4 is 41.2 Å². The molecule has 5 atom stereocenters. The van der Waals surface area contributed by atoms with Gasteiger partial charge in [-0.1, -0.05) is 32.3 Å². The number of allylic oxidation sites excluding steroid dienone is 1. The van der Waals surface area contributed by atoms with Crippen LogP contribution in [0, 0.1) is 17.8 Å². The van der Waals surface area contributed by atoms with Crippen molar-refractivity contribution in [1.82, 2.24) is 20.5 Å². The van der Waals surface area contributed by atoms with Gasteiger partial charge in [0.1, 0.15) is 24.0 Å². The number of nitrogens with zero attached hydrogens (tertiary/aromatic N) is 1. The minimum absolute atomic E-state index is 0.00280. The summed E-state index contributed by atoms with van der Waals surface area (Å²) in [5.74, 6) is -0.881. The number of anilines is 1. The quantitative estimate of drug-likeness (QED) is 0.239. The van der Waals surface area contributed by atoms with Gasteiger partial charge in [-0.25, -0.2) is 0 Å². The van der Waals surface area contributed by atoms with E-state index >= 15 is 0 Å². The van der Waals surface area contributed by atoms with E-state index < -0.39 is 35.1 Å². The SMILES string of the molecule is CCC1CC2CCCC(C2)C1NC(=O)Cn1cccc(NC(=O)[C@H](CCC(=O)C(=O)NC2CC2)NC(=O)c2cc3c(o2)C=CCC3)c1=O. The molecule has 0 saturated heterocycles. The Hall–Kier alpha value is -4.48. The van der Waals surface area contributed by atoms with Crippen LogP contribution in [0.5, 0.6) is 0 Å². The van der Waals surface area contributed by atoms with Crippen molar-refractivity contribution in [3.63, 3.8) is 0 Å². The third-order valence-electron chi connectivity index (χ3n) is 10.3. The summed E-state index contributed by atoms with van der Waals surface area (Å²) in [5.41, 5.74) is 0.219. The van der Waals surface area contributed by atoms with Crippen molar-refractivity contribution < 1.29 is 28.4 Å². The van der Waals surface area contributed by atoms with Gasteiger partial charge < -0.3 is 30.3 Å². The molecule has 3 saturated carbocycles. The van der Waals surface area contributed by atoms with Crippen LogP contribution in [0.4, 0.5) is 5.69 Å². The number of Topliss-reactive ketones (excluding diaryl/α,β-unsaturated/α-hetero) is 1. The van der Waals surface area contributed by atoms with Crippen LogP contribution in [0.15, 0.2) is 39.7 Å². The Balaban J connectivity index is 1.12. The van der Waals surface area contributed by atoms with Gasteiger partial charge in [0.25, 0.3) is 17.4 Å². The number of carbonyl (C=O) groups is 5. The molecule has 48 heavy (non-hydrogen) atoms. The standard InChI is InChI=1S/C36H45N5O7/c1-2-22-17-21-7-5-9-24(18-21)32(22)40-31(43)20-41-16-6-10-27(36(41)47)39-33(44)26(14-15-28(42)34(45)37-25-12-13-25)38-35(46)30-19-23-8-3-4-11-29(23)48-30/h4,6,10-11,16,19,21-22,24-26,32H,2-3,5,7-9,12-15,17-18,20H2,1H3,(H,37,45)(H,38,46)(H,39,44)(H,40,43)/t21?,22?,24?,26-,32?/m0/s1. The molecule has 0 aliphatic heterocycles. The maximum absolute atomic E-state index is 13.6. The number of fused-ring (bicyclic) bond motifs is 3. The predicted octanol–water partition coefficient (Wildman–Crippen LogP) is 3.49. The van der Waals surface area contributed by atoms with Crippen LogP contribution < -0.4 is 26.8 Å². The fourth-order valence-electron chi connectivity index (χ4n) is 7.55. The number of carbonyl (C=O) groups excluding carboxylic acids is 5. The third kappa shape index (κ3) is 7.96. The predicted molar refractivity (Wildman–Crippen MR) is 178 cm³/mol. The zero-order valence-corrected chi connectivity index (χ0v) is 27.4. The van der Waals surface area contributed by atoms with Gasteiger partial charge >= 0.3 is 0 Å². The van der Waals surface area contributed by atoms with E-state index in [1.165, 1.54) is 29.7 Å². The van der Waals surface area contributed by atoms with Crippen LogP contribution in [0.25, 0.3) is 6.08 Å². The Morgan fingerprint density at radius 3 is 2.67 bits per heavy atom. The Morgan fingerprint density at radius 2 is 1.90 bits per heavy atom. The Kier molecular flexibility index (Phi) is 10.3. The Labute approximate surface area is 279 Å². The third-order valence-corrected chi connectivity index (χ3v) is 10.3. The number of aromatic nitrogens is 1. The van der Waals surface area contributed by atoms with Crippen molar-refractivity contribution in [2.24, 2.45) is 17.8 Å². The largest absolute Gasteiger partial charge is 0.451 e. The lowest BCUT2D eigenvalue weighted by atomic mass is 9.64. The lowest BCUT2D eigenvalue weighted by Gasteiger charge is -2.45. The number of amides is 4. The highest BCUT2D eigenvalue weighted by atomic mass is 16.4. The first-order valence-electron chi connectivity index (χ1n) is 17.4. The minimum atomic E-state index is -1.26. The fraction of sp³-hybridized carbons (Fsp3) is 0.556. The van der Waals surface area contributed by atoms with Crippen LogP contribution in [-0.2, 0) is 32.1 Å². The Morgan fingerprint density at radius 1 is 1.06 bits per heavy atom. The average molecular weight is 660 g/mol. The molecule has 0 spiro atoms. The van der Waals surface area contributed by atoms with Crippen molar-refractivity contribution in [3.8, 4) is 0 Å². The van der Waals surface area contributed by atoms with Gasteiger partial charge in [-0.05, 0) is 99.0 Å². The number of aryl methyl sites for hydroxylation is 1. The lowest BCUT2D eigenvalue weighted by Crippen LogP contribution is -2.51. The first-order chi connectivity index (χ1) is 23.2. The van der Waals surface area contributed by atoms with E-state index in [2.05, 4.69) is 28.2 Å². The molecular formula is C36H45N5O7. The number of ketones is 1. The summed E-state index contributed by atoms with van der Waals surface area (Å²) in [6.07, 6.45) is 14.7. The topological polar surface area (TPSA) is 169 Å². The lowest BCUT2D eigenvalue weighted by molar-refractivity contribution is -0.138. The van der Waals surface area contributed by atoms with Crippen molar-refractivity contribution in [2.75, 3.05) is 5.32 Å². The normalized spacial score (nSPS) is 23.4. The molecule has 4 amide bonds. The zero-order chi connectivity index (χ0) is 33.8. The summed E-state index contributed by atoms with van der Waals surface area (Å²) in [7, 11) is 0. The zero-order valence-electron chi connectivity index (χ0n) is 27.4. The average Bonchev–Trinajstić information content (AvgIpc) is 3.79. The second kappa shape index (κ2) is 14.7. The number of hydrogen-bond acceptors (Lipinski definition) is 7. The van der Waals surface area contributed by atoms with E-state index in [9.17, 15) is 28.8 Å². The van der Waals surface area contributed by atoms with Crippen LogP contribution in [0.1, 0.15) is 99.4 Å². The minimum Gasteiger partial charge on any atom is -0.451 e. The van der Waals surface area contributed by atoms with E-state index in [1.807, 2.05) is 6.08 Å². The molecule has 2 aromatic heterocycles. The molecule has 4 N–H and O–H groups in total. The summed E-state index contributed by atoms with van der Waals surface area (Å²) in [6, 6.07) is 3.43. The highest BCUT2D eigenvalue weighted by Crippen LogP contribution is 2.43. The van der Waals surface area contributed by atoms with Gasteiger partial charge in [-0.2, -0.15) is 0 Å². The number of hydrogen-bond donors (Lipinski definition) is 4. The molecule has 2 heterocycles. The molecule has 12 nitrogen and oxygen atoms in total. The van der Waals surface area contributed by atoms with Gasteiger partial charge in [0.15, 0.2) is 5.76 Å². The Bertz CT molecular complexity index is 1650. The summed E-state index contributed by atoms with van der Waals surface area (Å²) < 4.78 is 6.94. The van der Waals surface area contributed by atoms with E-state index in [0.29, 0.717) is 17.6 Å². The highest BCUT2D eigenvalue weighted by Gasteiger charge is 2.39. The summed E-state index contributed by atoms with van der Waals surface area (Å²) in [5, 5.41) is 11.1. The molecule has 0 aromatic carbocycles. The summed E-state index contributed by atoms with van der Waals surface area (Å²) >= 11 is 0. The maximum atomic E-state index is 13.6. The second-order valence-corrected chi connectivity index (χ2v) is 13.8. The molecule has 0 radical (unpaired) electrons. The molecule has 4 unspecified atom stereocenters. The number of pyridine rings is 1. The van der Waals surface area contributed by atoms with E-state index in [1.54, 1.807) is 18.2 Å². The van der Waals surface area contributed by atoms with Crippen LogP contribution in [-0.4, -0.2) is 52.1 Å². The molecule has 4 aliphatic carbocycles. The molecule has 4 aliphatic rings. The van der Waals surface area contributed by atoms with Crippen LogP contribution in [0.3, 0.4) is 0 Å². The van der Waals surface area contributed by atoms with Gasteiger partial charge in [-0.15, -0.1) is 0 Å². The summed E-state index contributed by atoms with van der Waals surface area (Å²) in [6.45, 7) is 1.96. The summed E-state index contributed by atoms with van der Waals surface area (Å²) in [4.78, 5) is 78.2.